The van der Waals surface area contributed by atoms with E-state index in [2.05, 4.69) is 20.8 Å². The van der Waals surface area contributed by atoms with Crippen LogP contribution in [0, 0.1) is 0 Å². The van der Waals surface area contributed by atoms with E-state index in [1.807, 2.05) is 30.3 Å². The molecule has 2 aromatic heterocycles. The summed E-state index contributed by atoms with van der Waals surface area (Å²) in [4.78, 5) is 0. The lowest BCUT2D eigenvalue weighted by molar-refractivity contribution is 0.0952. The highest BCUT2D eigenvalue weighted by Crippen LogP contribution is 2.29. The van der Waals surface area contributed by atoms with E-state index in [0.29, 0.717) is 0 Å². The SMILES string of the molecule is Clc1cccc(CSc2nnc(-c3ccco3)n2CC2CCCO2)c1. The molecule has 0 radical (unpaired) electrons. The molecule has 1 saturated heterocycles. The minimum absolute atomic E-state index is 0.204. The smallest absolute Gasteiger partial charge is 0.200 e. The molecule has 1 aliphatic rings. The van der Waals surface area contributed by atoms with Crippen LogP contribution in [0.5, 0.6) is 0 Å². The van der Waals surface area contributed by atoms with Crippen LogP contribution in [0.2, 0.25) is 5.02 Å². The van der Waals surface area contributed by atoms with Crippen molar-refractivity contribution in [2.45, 2.75) is 36.4 Å². The van der Waals surface area contributed by atoms with Crippen LogP contribution in [-0.4, -0.2) is 27.5 Å². The van der Waals surface area contributed by atoms with Gasteiger partial charge < -0.3 is 9.15 Å². The lowest BCUT2D eigenvalue weighted by Crippen LogP contribution is -2.16. The van der Waals surface area contributed by atoms with Crippen LogP contribution in [-0.2, 0) is 17.0 Å². The molecule has 0 bridgehead atoms. The van der Waals surface area contributed by atoms with Crippen LogP contribution >= 0.6 is 23.4 Å². The van der Waals surface area contributed by atoms with Gasteiger partial charge in [-0.05, 0) is 42.7 Å². The predicted octanol–water partition coefficient (Wildman–Crippen LogP) is 4.66. The van der Waals surface area contributed by atoms with E-state index < -0.39 is 0 Å². The van der Waals surface area contributed by atoms with Crippen molar-refractivity contribution < 1.29 is 9.15 Å². The van der Waals surface area contributed by atoms with Crippen molar-refractivity contribution in [1.82, 2.24) is 14.8 Å². The number of furan rings is 1. The number of aromatic nitrogens is 3. The lowest BCUT2D eigenvalue weighted by Gasteiger charge is -2.14. The zero-order valence-corrected chi connectivity index (χ0v) is 15.2. The van der Waals surface area contributed by atoms with Crippen LogP contribution in [0.15, 0.2) is 52.2 Å². The molecule has 1 unspecified atom stereocenters. The van der Waals surface area contributed by atoms with Gasteiger partial charge in [0.05, 0.1) is 18.9 Å². The maximum absolute atomic E-state index is 6.07. The normalized spacial score (nSPS) is 17.2. The molecule has 25 heavy (non-hydrogen) atoms. The van der Waals surface area contributed by atoms with E-state index in [4.69, 9.17) is 20.8 Å². The van der Waals surface area contributed by atoms with Gasteiger partial charge in [-0.1, -0.05) is 35.5 Å². The molecule has 130 valence electrons. The number of hydrogen-bond acceptors (Lipinski definition) is 5. The highest BCUT2D eigenvalue weighted by molar-refractivity contribution is 7.98. The standard InChI is InChI=1S/C18H18ClN3O2S/c19-14-5-1-4-13(10-14)12-25-18-21-20-17(16-7-3-9-24-16)22(18)11-15-6-2-8-23-15/h1,3-5,7,9-10,15H,2,6,8,11-12H2. The highest BCUT2D eigenvalue weighted by atomic mass is 35.5. The zero-order valence-electron chi connectivity index (χ0n) is 13.6. The summed E-state index contributed by atoms with van der Waals surface area (Å²) >= 11 is 7.72. The Labute approximate surface area is 155 Å². The van der Waals surface area contributed by atoms with Gasteiger partial charge in [0.25, 0.3) is 0 Å². The summed E-state index contributed by atoms with van der Waals surface area (Å²) in [6.45, 7) is 1.56. The average Bonchev–Trinajstić information content (AvgIpc) is 3.36. The molecule has 4 rings (SSSR count). The van der Waals surface area contributed by atoms with E-state index >= 15 is 0 Å². The monoisotopic (exact) mass is 375 g/mol. The maximum atomic E-state index is 6.07. The van der Waals surface area contributed by atoms with E-state index in [9.17, 15) is 0 Å². The third kappa shape index (κ3) is 3.92. The minimum Gasteiger partial charge on any atom is -0.461 e. The second kappa shape index (κ2) is 7.64. The van der Waals surface area contributed by atoms with Crippen LogP contribution in [0.3, 0.4) is 0 Å². The maximum Gasteiger partial charge on any atom is 0.200 e. The number of thioether (sulfide) groups is 1. The molecule has 3 heterocycles. The highest BCUT2D eigenvalue weighted by Gasteiger charge is 2.22. The Morgan fingerprint density at radius 1 is 1.24 bits per heavy atom. The second-order valence-electron chi connectivity index (χ2n) is 5.95. The van der Waals surface area contributed by atoms with Crippen LogP contribution in [0.1, 0.15) is 18.4 Å². The summed E-state index contributed by atoms with van der Waals surface area (Å²) in [7, 11) is 0. The Morgan fingerprint density at radius 3 is 2.96 bits per heavy atom. The summed E-state index contributed by atoms with van der Waals surface area (Å²) in [5.41, 5.74) is 1.16. The largest absolute Gasteiger partial charge is 0.461 e. The zero-order chi connectivity index (χ0) is 17.1. The first-order chi connectivity index (χ1) is 12.3. The predicted molar refractivity (Wildman–Crippen MR) is 97.7 cm³/mol. The first kappa shape index (κ1) is 16.7. The van der Waals surface area contributed by atoms with Crippen molar-refractivity contribution >= 4 is 23.4 Å². The van der Waals surface area contributed by atoms with E-state index in [1.54, 1.807) is 18.0 Å². The molecular formula is C18H18ClN3O2S. The molecule has 0 N–H and O–H groups in total. The van der Waals surface area contributed by atoms with Crippen molar-refractivity contribution in [2.24, 2.45) is 0 Å². The van der Waals surface area contributed by atoms with E-state index in [1.165, 1.54) is 0 Å². The Bertz CT molecular complexity index is 829. The third-order valence-electron chi connectivity index (χ3n) is 4.13. The summed E-state index contributed by atoms with van der Waals surface area (Å²) in [5.74, 6) is 2.25. The molecule has 3 aromatic rings. The van der Waals surface area contributed by atoms with Crippen LogP contribution < -0.4 is 0 Å². The Morgan fingerprint density at radius 2 is 2.20 bits per heavy atom. The molecule has 7 heteroatoms. The number of nitrogens with zero attached hydrogens (tertiary/aromatic N) is 3. The Hall–Kier alpha value is -1.76. The molecule has 1 aromatic carbocycles. The fourth-order valence-electron chi connectivity index (χ4n) is 2.91. The third-order valence-corrected chi connectivity index (χ3v) is 5.40. The Balaban J connectivity index is 1.57. The van der Waals surface area contributed by atoms with Crippen molar-refractivity contribution in [1.29, 1.82) is 0 Å². The van der Waals surface area contributed by atoms with Gasteiger partial charge in [-0.2, -0.15) is 0 Å². The summed E-state index contributed by atoms with van der Waals surface area (Å²) in [6, 6.07) is 11.6. The number of rotatable bonds is 6. The topological polar surface area (TPSA) is 53.1 Å². The van der Waals surface area contributed by atoms with Gasteiger partial charge in [0, 0.05) is 17.4 Å². The first-order valence-corrected chi connectivity index (χ1v) is 9.62. The summed E-state index contributed by atoms with van der Waals surface area (Å²) < 4.78 is 13.4. The number of halogens is 1. The summed E-state index contributed by atoms with van der Waals surface area (Å²) in [6.07, 6.45) is 4.02. The van der Waals surface area contributed by atoms with Crippen LogP contribution in [0.4, 0.5) is 0 Å². The van der Waals surface area contributed by atoms with Crippen molar-refractivity contribution in [3.63, 3.8) is 0 Å². The average molecular weight is 376 g/mol. The Kier molecular flexibility index (Phi) is 5.10. The molecule has 1 atom stereocenters. The van der Waals surface area contributed by atoms with Gasteiger partial charge in [-0.3, -0.25) is 4.57 Å². The van der Waals surface area contributed by atoms with Gasteiger partial charge in [0.1, 0.15) is 0 Å². The number of hydrogen-bond donors (Lipinski definition) is 0. The summed E-state index contributed by atoms with van der Waals surface area (Å²) in [5, 5.41) is 10.3. The molecule has 0 aliphatic carbocycles. The number of benzene rings is 1. The fraction of sp³-hybridized carbons (Fsp3) is 0.333. The van der Waals surface area contributed by atoms with Gasteiger partial charge >= 0.3 is 0 Å². The van der Waals surface area contributed by atoms with E-state index in [0.717, 1.165) is 59.1 Å². The lowest BCUT2D eigenvalue weighted by atomic mass is 10.2. The molecule has 1 aliphatic heterocycles. The molecule has 0 spiro atoms. The molecule has 5 nitrogen and oxygen atoms in total. The van der Waals surface area contributed by atoms with Gasteiger partial charge in [-0.15, -0.1) is 10.2 Å². The molecular weight excluding hydrogens is 358 g/mol. The van der Waals surface area contributed by atoms with E-state index in [-0.39, 0.29) is 6.10 Å². The molecule has 0 saturated carbocycles. The molecule has 0 amide bonds. The molecule has 1 fully saturated rings. The first-order valence-electron chi connectivity index (χ1n) is 8.25. The number of ether oxygens (including phenoxy) is 1. The quantitative estimate of drug-likeness (QED) is 0.586. The van der Waals surface area contributed by atoms with Gasteiger partial charge in [0.15, 0.2) is 10.9 Å². The minimum atomic E-state index is 0.204. The van der Waals surface area contributed by atoms with Crippen molar-refractivity contribution in [2.75, 3.05) is 6.61 Å². The van der Waals surface area contributed by atoms with Crippen molar-refractivity contribution in [3.05, 3.63) is 53.2 Å². The fourth-order valence-corrected chi connectivity index (χ4v) is 4.02. The van der Waals surface area contributed by atoms with Crippen LogP contribution in [0.25, 0.3) is 11.6 Å². The van der Waals surface area contributed by atoms with Gasteiger partial charge in [-0.25, -0.2) is 0 Å². The second-order valence-corrected chi connectivity index (χ2v) is 7.33. The van der Waals surface area contributed by atoms with Gasteiger partial charge in [0.2, 0.25) is 5.82 Å². The van der Waals surface area contributed by atoms with Crippen molar-refractivity contribution in [3.8, 4) is 11.6 Å².